The molecule has 0 fully saturated rings. The summed E-state index contributed by atoms with van der Waals surface area (Å²) in [5.41, 5.74) is 2.56. The maximum absolute atomic E-state index is 12.4. The lowest BCUT2D eigenvalue weighted by atomic mass is 10.2. The van der Waals surface area contributed by atoms with Crippen LogP contribution in [0.25, 0.3) is 0 Å². The predicted molar refractivity (Wildman–Crippen MR) is 39.9 cm³/mol. The number of esters is 1. The summed E-state index contributed by atoms with van der Waals surface area (Å²) < 4.78 is 64.0. The van der Waals surface area contributed by atoms with E-state index in [-0.39, 0.29) is 12.7 Å². The zero-order valence-corrected chi connectivity index (χ0v) is 7.57. The second kappa shape index (κ2) is 4.45. The summed E-state index contributed by atoms with van der Waals surface area (Å²) in [6.45, 7) is 1.21. The number of ether oxygens (including phenoxy) is 1. The molecule has 0 heterocycles. The third-order valence-corrected chi connectivity index (χ3v) is 1.28. The normalized spacial score (nSPS) is 13.9. The van der Waals surface area contributed by atoms with E-state index in [1.807, 2.05) is 0 Å². The molecule has 0 aromatic carbocycles. The van der Waals surface area contributed by atoms with Crippen molar-refractivity contribution in [3.63, 3.8) is 0 Å². The number of halogens is 5. The highest BCUT2D eigenvalue weighted by atomic mass is 19.4. The maximum atomic E-state index is 12.4. The number of carbonyl (C=O) groups excluding carboxylic acids is 1. The number of allylic oxidation sites excluding steroid dienone is 1. The molecule has 0 aromatic heterocycles. The summed E-state index contributed by atoms with van der Waals surface area (Å²) in [7, 11) is 0. The van der Waals surface area contributed by atoms with Crippen LogP contribution in [0.3, 0.4) is 0 Å². The minimum atomic E-state index is -5.83. The van der Waals surface area contributed by atoms with Crippen molar-refractivity contribution >= 4 is 5.97 Å². The smallest absolute Gasteiger partial charge is 0.459 e. The van der Waals surface area contributed by atoms with E-state index in [2.05, 4.69) is 10.5 Å². The van der Waals surface area contributed by atoms with Crippen LogP contribution in [0.4, 0.5) is 22.0 Å². The van der Waals surface area contributed by atoms with Crippen LogP contribution < -0.4 is 5.73 Å². The van der Waals surface area contributed by atoms with Crippen LogP contribution in [-0.2, 0) is 9.53 Å². The largest absolute Gasteiger partial charge is 0.463 e. The molecule has 0 amide bonds. The van der Waals surface area contributed by atoms with E-state index >= 15 is 0 Å². The van der Waals surface area contributed by atoms with Gasteiger partial charge in [0.1, 0.15) is 0 Å². The fourth-order valence-corrected chi connectivity index (χ4v) is 0.565. The van der Waals surface area contributed by atoms with Gasteiger partial charge in [0.25, 0.3) is 0 Å². The van der Waals surface area contributed by atoms with Crippen molar-refractivity contribution in [2.75, 3.05) is 6.61 Å². The molecule has 15 heavy (non-hydrogen) atoms. The summed E-state index contributed by atoms with van der Waals surface area (Å²) in [6.07, 6.45) is -5.92. The van der Waals surface area contributed by atoms with Gasteiger partial charge in [-0.1, -0.05) is 0 Å². The zero-order chi connectivity index (χ0) is 12.3. The second-order valence-electron chi connectivity index (χ2n) is 2.42. The summed E-state index contributed by atoms with van der Waals surface area (Å²) in [5.74, 6) is -6.58. The molecule has 0 rings (SSSR count). The third kappa shape index (κ3) is 3.37. The fraction of sp³-hybridized carbons (Fsp3) is 0.571. The fourth-order valence-electron chi connectivity index (χ4n) is 0.565. The van der Waals surface area contributed by atoms with Gasteiger partial charge in [-0.2, -0.15) is 22.0 Å². The maximum Gasteiger partial charge on any atom is 0.459 e. The van der Waals surface area contributed by atoms with Crippen molar-refractivity contribution < 1.29 is 31.5 Å². The first-order chi connectivity index (χ1) is 6.63. The van der Waals surface area contributed by atoms with Crippen molar-refractivity contribution in [2.45, 2.75) is 19.0 Å². The summed E-state index contributed by atoms with van der Waals surface area (Å²) in [6, 6.07) is 0. The molecule has 0 saturated heterocycles. The van der Waals surface area contributed by atoms with Gasteiger partial charge in [-0.05, 0) is 6.92 Å². The average Bonchev–Trinajstić information content (AvgIpc) is 2.02. The number of rotatable bonds is 3. The van der Waals surface area contributed by atoms with E-state index in [0.717, 1.165) is 0 Å². The van der Waals surface area contributed by atoms with E-state index < -0.39 is 23.8 Å². The lowest BCUT2D eigenvalue weighted by Crippen LogP contribution is -2.41. The SMILES string of the molecule is CCOC(=O)C=C(N)C(F)(F)C(F)(F)F. The van der Waals surface area contributed by atoms with Crippen LogP contribution in [0.2, 0.25) is 0 Å². The topological polar surface area (TPSA) is 52.3 Å². The first-order valence-electron chi connectivity index (χ1n) is 3.71. The third-order valence-electron chi connectivity index (χ3n) is 1.28. The quantitative estimate of drug-likeness (QED) is 0.457. The Morgan fingerprint density at radius 3 is 2.13 bits per heavy atom. The van der Waals surface area contributed by atoms with E-state index in [4.69, 9.17) is 0 Å². The zero-order valence-electron chi connectivity index (χ0n) is 7.57. The summed E-state index contributed by atoms with van der Waals surface area (Å²) >= 11 is 0. The predicted octanol–water partition coefficient (Wildman–Crippen LogP) is 1.59. The average molecular weight is 233 g/mol. The molecule has 0 aliphatic heterocycles. The van der Waals surface area contributed by atoms with Crippen molar-refractivity contribution in [1.82, 2.24) is 0 Å². The molecule has 0 unspecified atom stereocenters. The van der Waals surface area contributed by atoms with Gasteiger partial charge in [0.05, 0.1) is 12.3 Å². The molecular weight excluding hydrogens is 225 g/mol. The highest BCUT2D eigenvalue weighted by molar-refractivity contribution is 5.82. The Labute approximate surface area is 81.7 Å². The first-order valence-corrected chi connectivity index (χ1v) is 3.71. The highest BCUT2D eigenvalue weighted by Gasteiger charge is 2.59. The highest BCUT2D eigenvalue weighted by Crippen LogP contribution is 2.38. The Hall–Kier alpha value is -1.34. The molecular formula is C7H8F5NO2. The Morgan fingerprint density at radius 2 is 1.80 bits per heavy atom. The van der Waals surface area contributed by atoms with Crippen LogP contribution in [0, 0.1) is 0 Å². The minimum Gasteiger partial charge on any atom is -0.463 e. The molecule has 0 aliphatic carbocycles. The van der Waals surface area contributed by atoms with Crippen molar-refractivity contribution in [1.29, 1.82) is 0 Å². The van der Waals surface area contributed by atoms with Gasteiger partial charge in [-0.3, -0.25) is 0 Å². The van der Waals surface area contributed by atoms with Gasteiger partial charge < -0.3 is 10.5 Å². The Balaban J connectivity index is 4.84. The van der Waals surface area contributed by atoms with Crippen LogP contribution in [-0.4, -0.2) is 24.7 Å². The van der Waals surface area contributed by atoms with E-state index in [0.29, 0.717) is 0 Å². The lowest BCUT2D eigenvalue weighted by molar-refractivity contribution is -0.264. The number of hydrogen-bond donors (Lipinski definition) is 1. The van der Waals surface area contributed by atoms with Crippen molar-refractivity contribution in [2.24, 2.45) is 5.73 Å². The van der Waals surface area contributed by atoms with Gasteiger partial charge >= 0.3 is 18.1 Å². The second-order valence-corrected chi connectivity index (χ2v) is 2.42. The Morgan fingerprint density at radius 1 is 1.33 bits per heavy atom. The molecule has 0 aliphatic rings. The van der Waals surface area contributed by atoms with Gasteiger partial charge in [-0.15, -0.1) is 0 Å². The van der Waals surface area contributed by atoms with Crippen LogP contribution >= 0.6 is 0 Å². The van der Waals surface area contributed by atoms with Crippen LogP contribution in [0.5, 0.6) is 0 Å². The number of alkyl halides is 5. The van der Waals surface area contributed by atoms with Crippen LogP contribution in [0.15, 0.2) is 11.8 Å². The Bertz CT molecular complexity index is 271. The minimum absolute atomic E-state index is 0.0863. The molecule has 0 aromatic rings. The molecule has 0 saturated carbocycles. The molecule has 0 radical (unpaired) electrons. The first kappa shape index (κ1) is 13.7. The molecule has 2 N–H and O–H groups in total. The van der Waals surface area contributed by atoms with E-state index in [1.54, 1.807) is 0 Å². The lowest BCUT2D eigenvalue weighted by Gasteiger charge is -2.19. The molecule has 0 bridgehead atoms. The van der Waals surface area contributed by atoms with Crippen LogP contribution in [0.1, 0.15) is 6.92 Å². The summed E-state index contributed by atoms with van der Waals surface area (Å²) in [5, 5.41) is 0. The monoisotopic (exact) mass is 233 g/mol. The van der Waals surface area contributed by atoms with Gasteiger partial charge in [0.2, 0.25) is 0 Å². The molecule has 0 atom stereocenters. The van der Waals surface area contributed by atoms with E-state index in [1.165, 1.54) is 6.92 Å². The molecule has 3 nitrogen and oxygen atoms in total. The molecule has 8 heteroatoms. The van der Waals surface area contributed by atoms with E-state index in [9.17, 15) is 26.7 Å². The standard InChI is InChI=1S/C7H8F5NO2/c1-2-15-5(14)3-4(13)6(8,9)7(10,11)12/h3H,2,13H2,1H3. The number of nitrogens with two attached hydrogens (primary N) is 1. The van der Waals surface area contributed by atoms with Gasteiger partial charge in [0, 0.05) is 6.08 Å². The molecule has 88 valence electrons. The number of hydrogen-bond acceptors (Lipinski definition) is 3. The molecule has 0 spiro atoms. The van der Waals surface area contributed by atoms with Gasteiger partial charge in [0.15, 0.2) is 0 Å². The van der Waals surface area contributed by atoms with Crippen molar-refractivity contribution in [3.8, 4) is 0 Å². The number of carbonyl (C=O) groups is 1. The van der Waals surface area contributed by atoms with Crippen molar-refractivity contribution in [3.05, 3.63) is 11.8 Å². The summed E-state index contributed by atoms with van der Waals surface area (Å²) in [4.78, 5) is 10.5. The Kier molecular flexibility index (Phi) is 4.06. The van der Waals surface area contributed by atoms with Gasteiger partial charge in [-0.25, -0.2) is 4.79 Å².